The molecule has 0 aliphatic heterocycles. The van der Waals surface area contributed by atoms with Gasteiger partial charge in [-0.2, -0.15) is 0 Å². The Morgan fingerprint density at radius 3 is 2.08 bits per heavy atom. The van der Waals surface area contributed by atoms with Gasteiger partial charge in [-0.25, -0.2) is 0 Å². The lowest BCUT2D eigenvalue weighted by atomic mass is 9.68. The highest BCUT2D eigenvalue weighted by atomic mass is 14.8. The first-order valence-corrected chi connectivity index (χ1v) is 4.94. The molecular weight excluding hydrogens is 148 g/mol. The minimum absolute atomic E-state index is 0.207. The van der Waals surface area contributed by atoms with Crippen molar-refractivity contribution in [3.8, 4) is 0 Å². The highest BCUT2D eigenvalue weighted by Crippen LogP contribution is 2.36. The van der Waals surface area contributed by atoms with Gasteiger partial charge < -0.3 is 11.5 Å². The normalized spacial score (nSPS) is 38.2. The fraction of sp³-hybridized carbons (Fsp3) is 1.00. The summed E-state index contributed by atoms with van der Waals surface area (Å²) in [4.78, 5) is 0. The molecule has 1 aliphatic rings. The molecular formula is C10H22N2. The Bertz CT molecular complexity index is 148. The van der Waals surface area contributed by atoms with Crippen LogP contribution in [0.4, 0.5) is 0 Å². The monoisotopic (exact) mass is 170 g/mol. The molecule has 0 aromatic rings. The van der Waals surface area contributed by atoms with E-state index < -0.39 is 0 Å². The van der Waals surface area contributed by atoms with Crippen molar-refractivity contribution < 1.29 is 0 Å². The Morgan fingerprint density at radius 2 is 1.67 bits per heavy atom. The van der Waals surface area contributed by atoms with Crippen molar-refractivity contribution >= 4 is 0 Å². The van der Waals surface area contributed by atoms with Crippen molar-refractivity contribution in [2.45, 2.75) is 52.1 Å². The summed E-state index contributed by atoms with van der Waals surface area (Å²) in [6.45, 7) is 6.78. The van der Waals surface area contributed by atoms with E-state index in [0.717, 1.165) is 6.42 Å². The van der Waals surface area contributed by atoms with E-state index in [2.05, 4.69) is 20.8 Å². The van der Waals surface area contributed by atoms with Crippen LogP contribution in [0.1, 0.15) is 40.0 Å². The largest absolute Gasteiger partial charge is 0.326 e. The first-order valence-electron chi connectivity index (χ1n) is 4.94. The zero-order valence-corrected chi connectivity index (χ0v) is 8.51. The Hall–Kier alpha value is -0.0800. The fourth-order valence-corrected chi connectivity index (χ4v) is 2.27. The van der Waals surface area contributed by atoms with E-state index in [1.165, 1.54) is 12.8 Å². The molecule has 12 heavy (non-hydrogen) atoms. The molecule has 0 spiro atoms. The zero-order chi connectivity index (χ0) is 9.35. The van der Waals surface area contributed by atoms with Crippen LogP contribution in [0.5, 0.6) is 0 Å². The molecule has 0 aromatic heterocycles. The van der Waals surface area contributed by atoms with Crippen molar-refractivity contribution in [1.82, 2.24) is 0 Å². The lowest BCUT2D eigenvalue weighted by Crippen LogP contribution is -2.52. The summed E-state index contributed by atoms with van der Waals surface area (Å²) in [6.07, 6.45) is 3.60. The molecule has 1 aliphatic carbocycles. The summed E-state index contributed by atoms with van der Waals surface area (Å²) in [7, 11) is 0. The van der Waals surface area contributed by atoms with Gasteiger partial charge in [0.15, 0.2) is 0 Å². The quantitative estimate of drug-likeness (QED) is 0.578. The fourth-order valence-electron chi connectivity index (χ4n) is 2.27. The van der Waals surface area contributed by atoms with E-state index in [1.807, 2.05) is 0 Å². The maximum Gasteiger partial charge on any atom is 0.0226 e. The van der Waals surface area contributed by atoms with Crippen LogP contribution in [0.2, 0.25) is 0 Å². The SMILES string of the molecule is CC(C)(C)C1CCCC(N)C1N. The molecule has 0 bridgehead atoms. The third-order valence-electron chi connectivity index (χ3n) is 3.12. The van der Waals surface area contributed by atoms with Crippen LogP contribution >= 0.6 is 0 Å². The van der Waals surface area contributed by atoms with Crippen LogP contribution in [0.25, 0.3) is 0 Å². The summed E-state index contributed by atoms with van der Waals surface area (Å²) in [6, 6.07) is 0.432. The average molecular weight is 170 g/mol. The van der Waals surface area contributed by atoms with Crippen LogP contribution in [0, 0.1) is 11.3 Å². The first-order chi connectivity index (χ1) is 5.43. The molecule has 0 radical (unpaired) electrons. The molecule has 3 atom stereocenters. The Balaban J connectivity index is 2.64. The average Bonchev–Trinajstić information content (AvgIpc) is 1.92. The van der Waals surface area contributed by atoms with Gasteiger partial charge in [-0.15, -0.1) is 0 Å². The molecule has 4 N–H and O–H groups in total. The molecule has 0 amide bonds. The zero-order valence-electron chi connectivity index (χ0n) is 8.51. The minimum atomic E-state index is 0.207. The second kappa shape index (κ2) is 3.35. The highest BCUT2D eigenvalue weighted by Gasteiger charge is 2.35. The minimum Gasteiger partial charge on any atom is -0.326 e. The molecule has 2 heteroatoms. The summed E-state index contributed by atoms with van der Waals surface area (Å²) in [5, 5.41) is 0. The van der Waals surface area contributed by atoms with Crippen LogP contribution < -0.4 is 11.5 Å². The molecule has 3 unspecified atom stereocenters. The number of hydrogen-bond acceptors (Lipinski definition) is 2. The Kier molecular flexibility index (Phi) is 2.79. The van der Waals surface area contributed by atoms with Crippen LogP contribution in [0.15, 0.2) is 0 Å². The maximum absolute atomic E-state index is 6.08. The van der Waals surface area contributed by atoms with E-state index in [0.29, 0.717) is 11.3 Å². The summed E-state index contributed by atoms with van der Waals surface area (Å²) in [5.41, 5.74) is 12.3. The first kappa shape index (κ1) is 10.0. The molecule has 0 heterocycles. The molecule has 72 valence electrons. The van der Waals surface area contributed by atoms with Crippen molar-refractivity contribution in [3.05, 3.63) is 0 Å². The van der Waals surface area contributed by atoms with Gasteiger partial charge in [-0.1, -0.05) is 27.2 Å². The highest BCUT2D eigenvalue weighted by molar-refractivity contribution is 4.92. The lowest BCUT2D eigenvalue weighted by Gasteiger charge is -2.41. The predicted molar refractivity (Wildman–Crippen MR) is 52.7 cm³/mol. The van der Waals surface area contributed by atoms with Crippen LogP contribution in [0.3, 0.4) is 0 Å². The van der Waals surface area contributed by atoms with Gasteiger partial charge >= 0.3 is 0 Å². The maximum atomic E-state index is 6.08. The van der Waals surface area contributed by atoms with Crippen LogP contribution in [-0.2, 0) is 0 Å². The van der Waals surface area contributed by atoms with Gasteiger partial charge in [-0.05, 0) is 24.2 Å². The van der Waals surface area contributed by atoms with Crippen molar-refractivity contribution in [1.29, 1.82) is 0 Å². The van der Waals surface area contributed by atoms with Crippen LogP contribution in [-0.4, -0.2) is 12.1 Å². The van der Waals surface area contributed by atoms with Gasteiger partial charge in [0.1, 0.15) is 0 Å². The van der Waals surface area contributed by atoms with Gasteiger partial charge in [0, 0.05) is 12.1 Å². The molecule has 0 saturated heterocycles. The number of rotatable bonds is 0. The summed E-state index contributed by atoms with van der Waals surface area (Å²) in [5.74, 6) is 0.598. The summed E-state index contributed by atoms with van der Waals surface area (Å²) >= 11 is 0. The van der Waals surface area contributed by atoms with Crippen molar-refractivity contribution in [2.24, 2.45) is 22.8 Å². The van der Waals surface area contributed by atoms with Crippen molar-refractivity contribution in [2.75, 3.05) is 0 Å². The number of nitrogens with two attached hydrogens (primary N) is 2. The second-order valence-corrected chi connectivity index (χ2v) is 5.14. The van der Waals surface area contributed by atoms with Gasteiger partial charge in [0.2, 0.25) is 0 Å². The smallest absolute Gasteiger partial charge is 0.0226 e. The third kappa shape index (κ3) is 1.99. The topological polar surface area (TPSA) is 52.0 Å². The molecule has 0 aromatic carbocycles. The van der Waals surface area contributed by atoms with E-state index in [1.54, 1.807) is 0 Å². The molecule has 1 rings (SSSR count). The van der Waals surface area contributed by atoms with Crippen molar-refractivity contribution in [3.63, 3.8) is 0 Å². The molecule has 2 nitrogen and oxygen atoms in total. The Morgan fingerprint density at radius 1 is 1.08 bits per heavy atom. The van der Waals surface area contributed by atoms with E-state index >= 15 is 0 Å². The second-order valence-electron chi connectivity index (χ2n) is 5.14. The van der Waals surface area contributed by atoms with E-state index in [-0.39, 0.29) is 12.1 Å². The van der Waals surface area contributed by atoms with E-state index in [4.69, 9.17) is 11.5 Å². The van der Waals surface area contributed by atoms with Gasteiger partial charge in [0.05, 0.1) is 0 Å². The van der Waals surface area contributed by atoms with E-state index in [9.17, 15) is 0 Å². The lowest BCUT2D eigenvalue weighted by molar-refractivity contribution is 0.139. The third-order valence-corrected chi connectivity index (χ3v) is 3.12. The molecule has 1 fully saturated rings. The van der Waals surface area contributed by atoms with Gasteiger partial charge in [-0.3, -0.25) is 0 Å². The molecule has 1 saturated carbocycles. The number of hydrogen-bond donors (Lipinski definition) is 2. The standard InChI is InChI=1S/C10H22N2/c1-10(2,3)7-5-4-6-8(11)9(7)12/h7-9H,4-6,11-12H2,1-3H3. The van der Waals surface area contributed by atoms with Gasteiger partial charge in [0.25, 0.3) is 0 Å². The summed E-state index contributed by atoms with van der Waals surface area (Å²) < 4.78 is 0. The predicted octanol–water partition coefficient (Wildman–Crippen LogP) is 1.49. The Labute approximate surface area is 75.7 Å².